The Labute approximate surface area is 103 Å². The topological polar surface area (TPSA) is 124 Å². The predicted octanol–water partition coefficient (Wildman–Crippen LogP) is -0.734. The highest BCUT2D eigenvalue weighted by molar-refractivity contribution is 14.1. The van der Waals surface area contributed by atoms with Crippen LogP contribution in [0.4, 0.5) is 8.78 Å². The van der Waals surface area contributed by atoms with Gasteiger partial charge in [0.2, 0.25) is 0 Å². The number of aliphatic hydroxyl groups is 3. The van der Waals surface area contributed by atoms with Crippen molar-refractivity contribution < 1.29 is 40.1 Å². The normalized spacial score (nSPS) is 16.2. The lowest BCUT2D eigenvalue weighted by atomic mass is 10.1. The van der Waals surface area contributed by atoms with Gasteiger partial charge in [-0.05, 0) is 0 Å². The Kier molecular flexibility index (Phi) is 5.44. The molecule has 0 aliphatic carbocycles. The highest BCUT2D eigenvalue weighted by Crippen LogP contribution is 2.34. The molecule has 0 saturated carbocycles. The molecule has 0 saturated heterocycles. The zero-order valence-corrected chi connectivity index (χ0v) is 10.5. The maximum Gasteiger partial charge on any atom is 0.360 e. The van der Waals surface area contributed by atoms with E-state index in [1.54, 1.807) is 0 Å². The number of aliphatic hydroxyl groups excluding tert-OH is 1. The fourth-order valence-electron chi connectivity index (χ4n) is 0.749. The Hall–Kier alpha value is 0.340. The van der Waals surface area contributed by atoms with Crippen LogP contribution in [-0.4, -0.2) is 52.0 Å². The van der Waals surface area contributed by atoms with E-state index in [0.717, 1.165) is 0 Å². The molecular formula is C5H9F2IO7S. The SMILES string of the molecule is O=S(=O)(O)C(O)(O)C(F)(F)CC(O)COI. The van der Waals surface area contributed by atoms with Crippen LogP contribution in [0, 0.1) is 0 Å². The van der Waals surface area contributed by atoms with Crippen LogP contribution in [0.2, 0.25) is 0 Å². The third-order valence-corrected chi connectivity index (χ3v) is 2.96. The number of hydrogen-bond donors (Lipinski definition) is 4. The van der Waals surface area contributed by atoms with Gasteiger partial charge in [0.1, 0.15) is 23.0 Å². The molecule has 0 aromatic rings. The van der Waals surface area contributed by atoms with E-state index in [4.69, 9.17) is 19.9 Å². The Morgan fingerprint density at radius 2 is 1.81 bits per heavy atom. The fourth-order valence-corrected chi connectivity index (χ4v) is 1.63. The molecule has 7 nitrogen and oxygen atoms in total. The van der Waals surface area contributed by atoms with Crippen molar-refractivity contribution in [2.45, 2.75) is 23.6 Å². The molecule has 0 bridgehead atoms. The smallest absolute Gasteiger partial charge is 0.360 e. The summed E-state index contributed by atoms with van der Waals surface area (Å²) in [5, 5.41) is 21.5. The van der Waals surface area contributed by atoms with E-state index in [1.807, 2.05) is 0 Å². The first-order chi connectivity index (χ1) is 6.95. The molecule has 0 aromatic carbocycles. The van der Waals surface area contributed by atoms with Gasteiger partial charge in [-0.3, -0.25) is 4.55 Å². The zero-order chi connectivity index (χ0) is 13.2. The average molecular weight is 378 g/mol. The van der Waals surface area contributed by atoms with Crippen molar-refractivity contribution in [1.82, 2.24) is 0 Å². The van der Waals surface area contributed by atoms with Gasteiger partial charge < -0.3 is 18.4 Å². The van der Waals surface area contributed by atoms with E-state index in [9.17, 15) is 17.2 Å². The second-order valence-corrected chi connectivity index (χ2v) is 5.06. The van der Waals surface area contributed by atoms with Gasteiger partial charge in [-0.1, -0.05) is 0 Å². The first kappa shape index (κ1) is 16.3. The summed E-state index contributed by atoms with van der Waals surface area (Å²) in [6, 6.07) is 0. The third kappa shape index (κ3) is 3.68. The number of rotatable bonds is 6. The molecular weight excluding hydrogens is 369 g/mol. The van der Waals surface area contributed by atoms with Gasteiger partial charge in [0.05, 0.1) is 12.7 Å². The lowest BCUT2D eigenvalue weighted by molar-refractivity contribution is -0.253. The third-order valence-electron chi connectivity index (χ3n) is 1.58. The Morgan fingerprint density at radius 3 is 2.12 bits per heavy atom. The van der Waals surface area contributed by atoms with E-state index in [0.29, 0.717) is 0 Å². The summed E-state index contributed by atoms with van der Waals surface area (Å²) in [7, 11) is -5.81. The summed E-state index contributed by atoms with van der Waals surface area (Å²) in [5.74, 6) is -4.66. The second kappa shape index (κ2) is 5.32. The minimum atomic E-state index is -5.81. The standard InChI is InChI=1S/C5H9F2IO7S/c6-4(7,1-3(9)2-15-8)5(10,11)16(12,13)14/h3,9-11H,1-2H2,(H,12,13,14). The maximum atomic E-state index is 13.0. The minimum absolute atomic E-state index is 0.572. The van der Waals surface area contributed by atoms with Crippen LogP contribution in [0.3, 0.4) is 0 Å². The summed E-state index contributed by atoms with van der Waals surface area (Å²) in [4.78, 5) is 0. The highest BCUT2D eigenvalue weighted by Gasteiger charge is 2.61. The number of alkyl halides is 2. The van der Waals surface area contributed by atoms with Crippen LogP contribution in [0.1, 0.15) is 6.42 Å². The quantitative estimate of drug-likeness (QED) is 0.273. The van der Waals surface area contributed by atoms with Gasteiger partial charge in [-0.15, -0.1) is 0 Å². The van der Waals surface area contributed by atoms with Gasteiger partial charge >= 0.3 is 21.2 Å². The van der Waals surface area contributed by atoms with E-state index in [2.05, 4.69) is 3.07 Å². The second-order valence-electron chi connectivity index (χ2n) is 2.92. The fraction of sp³-hybridized carbons (Fsp3) is 1.00. The minimum Gasteiger partial charge on any atom is -0.390 e. The lowest BCUT2D eigenvalue weighted by Crippen LogP contribution is -2.55. The highest BCUT2D eigenvalue weighted by atomic mass is 127. The Balaban J connectivity index is 4.92. The maximum absolute atomic E-state index is 13.0. The largest absolute Gasteiger partial charge is 0.390 e. The van der Waals surface area contributed by atoms with E-state index < -0.39 is 40.3 Å². The molecule has 0 heterocycles. The summed E-state index contributed by atoms with van der Waals surface area (Å²) in [6.07, 6.45) is -3.43. The van der Waals surface area contributed by atoms with Crippen LogP contribution in [0.25, 0.3) is 0 Å². The molecule has 0 amide bonds. The predicted molar refractivity (Wildman–Crippen MR) is 54.3 cm³/mol. The van der Waals surface area contributed by atoms with E-state index in [1.165, 1.54) is 23.0 Å². The average Bonchev–Trinajstić information content (AvgIpc) is 2.00. The molecule has 0 radical (unpaired) electrons. The van der Waals surface area contributed by atoms with Crippen molar-refractivity contribution in [1.29, 1.82) is 0 Å². The number of halogens is 3. The molecule has 4 N–H and O–H groups in total. The molecule has 0 fully saturated rings. The van der Waals surface area contributed by atoms with Crippen molar-refractivity contribution >= 4 is 33.1 Å². The van der Waals surface area contributed by atoms with Gasteiger partial charge in [-0.25, -0.2) is 0 Å². The molecule has 0 rings (SSSR count). The van der Waals surface area contributed by atoms with Gasteiger partial charge in [0, 0.05) is 6.42 Å². The van der Waals surface area contributed by atoms with Crippen LogP contribution in [-0.2, 0) is 13.2 Å². The van der Waals surface area contributed by atoms with Crippen molar-refractivity contribution in [3.8, 4) is 0 Å². The number of hydrogen-bond acceptors (Lipinski definition) is 6. The van der Waals surface area contributed by atoms with Crippen molar-refractivity contribution in [3.05, 3.63) is 0 Å². The summed E-state index contributed by atoms with van der Waals surface area (Å²) >= 11 is 1.29. The van der Waals surface area contributed by atoms with Gasteiger partial charge in [-0.2, -0.15) is 17.2 Å². The Bertz CT molecular complexity index is 330. The molecule has 0 aliphatic heterocycles. The summed E-state index contributed by atoms with van der Waals surface area (Å²) < 4.78 is 59.1. The first-order valence-electron chi connectivity index (χ1n) is 3.67. The van der Waals surface area contributed by atoms with E-state index in [-0.39, 0.29) is 0 Å². The molecule has 1 atom stereocenters. The molecule has 16 heavy (non-hydrogen) atoms. The van der Waals surface area contributed by atoms with Gasteiger partial charge in [0.15, 0.2) is 0 Å². The van der Waals surface area contributed by atoms with Gasteiger partial charge in [0.25, 0.3) is 0 Å². The van der Waals surface area contributed by atoms with E-state index >= 15 is 0 Å². The van der Waals surface area contributed by atoms with Crippen molar-refractivity contribution in [2.75, 3.05) is 6.61 Å². The molecule has 11 heteroatoms. The van der Waals surface area contributed by atoms with Crippen LogP contribution >= 0.6 is 23.0 Å². The first-order valence-corrected chi connectivity index (χ1v) is 5.99. The lowest BCUT2D eigenvalue weighted by Gasteiger charge is -2.28. The summed E-state index contributed by atoms with van der Waals surface area (Å²) in [5.41, 5.74) is 0. The van der Waals surface area contributed by atoms with Crippen LogP contribution in [0.5, 0.6) is 0 Å². The molecule has 0 spiro atoms. The van der Waals surface area contributed by atoms with Crippen LogP contribution in [0.15, 0.2) is 0 Å². The van der Waals surface area contributed by atoms with Crippen molar-refractivity contribution in [3.63, 3.8) is 0 Å². The van der Waals surface area contributed by atoms with Crippen molar-refractivity contribution in [2.24, 2.45) is 0 Å². The summed E-state index contributed by atoms with van der Waals surface area (Å²) in [6.45, 7) is -0.572. The molecule has 98 valence electrons. The monoisotopic (exact) mass is 378 g/mol. The molecule has 0 aromatic heterocycles. The molecule has 0 aliphatic rings. The Morgan fingerprint density at radius 1 is 1.38 bits per heavy atom. The zero-order valence-electron chi connectivity index (χ0n) is 7.55. The van der Waals surface area contributed by atoms with Crippen LogP contribution < -0.4 is 0 Å². The molecule has 1 unspecified atom stereocenters.